The fourth-order valence-corrected chi connectivity index (χ4v) is 2.51. The maximum atomic E-state index is 12.2. The molecule has 0 unspecified atom stereocenters. The molecule has 2 aromatic rings. The Kier molecular flexibility index (Phi) is 6.48. The quantitative estimate of drug-likeness (QED) is 0.760. The second-order valence-electron chi connectivity index (χ2n) is 5.22. The number of carbonyl (C=O) groups is 1. The minimum Gasteiger partial charge on any atom is -0.496 e. The lowest BCUT2D eigenvalue weighted by Gasteiger charge is -2.23. The summed E-state index contributed by atoms with van der Waals surface area (Å²) in [7, 11) is 1.57. The van der Waals surface area contributed by atoms with Gasteiger partial charge in [-0.25, -0.2) is 0 Å². The van der Waals surface area contributed by atoms with E-state index in [4.69, 9.17) is 4.74 Å². The van der Waals surface area contributed by atoms with Crippen LogP contribution in [0.4, 0.5) is 5.69 Å². The molecule has 0 atom stereocenters. The van der Waals surface area contributed by atoms with Crippen molar-refractivity contribution in [2.45, 2.75) is 13.3 Å². The van der Waals surface area contributed by atoms with Gasteiger partial charge in [-0.15, -0.1) is 0 Å². The Balaban J connectivity index is 1.81. The Morgan fingerprint density at radius 3 is 2.48 bits per heavy atom. The topological polar surface area (TPSA) is 41.6 Å². The number of para-hydroxylation sites is 2. The van der Waals surface area contributed by atoms with Crippen molar-refractivity contribution in [3.05, 3.63) is 60.2 Å². The third-order valence-electron chi connectivity index (χ3n) is 3.75. The summed E-state index contributed by atoms with van der Waals surface area (Å²) in [4.78, 5) is 14.5. The predicted octanol–water partition coefficient (Wildman–Crippen LogP) is 3.34. The van der Waals surface area contributed by atoms with E-state index in [1.807, 2.05) is 30.3 Å². The van der Waals surface area contributed by atoms with Gasteiger partial charge in [0.05, 0.1) is 12.7 Å². The Bertz CT molecular complexity index is 614. The SMILES string of the molecule is CCN(CCCNC(=O)c1ccccc1OC)c1ccccc1. The van der Waals surface area contributed by atoms with Gasteiger partial charge in [0.15, 0.2) is 0 Å². The molecule has 4 nitrogen and oxygen atoms in total. The van der Waals surface area contributed by atoms with E-state index in [2.05, 4.69) is 29.3 Å². The molecule has 0 aromatic heterocycles. The summed E-state index contributed by atoms with van der Waals surface area (Å²) in [6.45, 7) is 4.64. The first-order chi connectivity index (χ1) is 11.3. The van der Waals surface area contributed by atoms with Gasteiger partial charge in [-0.2, -0.15) is 0 Å². The highest BCUT2D eigenvalue weighted by atomic mass is 16.5. The number of rotatable bonds is 8. The van der Waals surface area contributed by atoms with E-state index < -0.39 is 0 Å². The molecule has 4 heteroatoms. The summed E-state index contributed by atoms with van der Waals surface area (Å²) in [5.41, 5.74) is 1.79. The second-order valence-corrected chi connectivity index (χ2v) is 5.22. The lowest BCUT2D eigenvalue weighted by atomic mass is 10.2. The lowest BCUT2D eigenvalue weighted by molar-refractivity contribution is 0.0950. The fraction of sp³-hybridized carbons (Fsp3) is 0.316. The molecular formula is C19H24N2O2. The van der Waals surface area contributed by atoms with Gasteiger partial charge in [0.1, 0.15) is 5.75 Å². The van der Waals surface area contributed by atoms with E-state index in [1.165, 1.54) is 5.69 Å². The molecule has 0 bridgehead atoms. The highest BCUT2D eigenvalue weighted by Crippen LogP contribution is 2.17. The summed E-state index contributed by atoms with van der Waals surface area (Å²) in [6, 6.07) is 17.6. The number of ether oxygens (including phenoxy) is 1. The summed E-state index contributed by atoms with van der Waals surface area (Å²) >= 11 is 0. The van der Waals surface area contributed by atoms with Crippen molar-refractivity contribution in [3.63, 3.8) is 0 Å². The standard InChI is InChI=1S/C19H24N2O2/c1-3-21(16-10-5-4-6-11-16)15-9-14-20-19(22)17-12-7-8-13-18(17)23-2/h4-8,10-13H,3,9,14-15H2,1-2H3,(H,20,22). The van der Waals surface area contributed by atoms with Crippen molar-refractivity contribution in [2.24, 2.45) is 0 Å². The van der Waals surface area contributed by atoms with Crippen LogP contribution in [0.15, 0.2) is 54.6 Å². The van der Waals surface area contributed by atoms with Crippen molar-refractivity contribution in [1.29, 1.82) is 0 Å². The first kappa shape index (κ1) is 16.9. The zero-order chi connectivity index (χ0) is 16.5. The monoisotopic (exact) mass is 312 g/mol. The van der Waals surface area contributed by atoms with Gasteiger partial charge < -0.3 is 15.0 Å². The normalized spacial score (nSPS) is 10.2. The Labute approximate surface area is 138 Å². The number of hydrogen-bond donors (Lipinski definition) is 1. The molecule has 0 aliphatic carbocycles. The van der Waals surface area contributed by atoms with E-state index in [0.717, 1.165) is 19.5 Å². The van der Waals surface area contributed by atoms with E-state index in [0.29, 0.717) is 17.9 Å². The predicted molar refractivity (Wildman–Crippen MR) is 94.3 cm³/mol. The number of anilines is 1. The maximum Gasteiger partial charge on any atom is 0.255 e. The molecule has 0 spiro atoms. The van der Waals surface area contributed by atoms with Crippen molar-refractivity contribution in [2.75, 3.05) is 31.6 Å². The van der Waals surface area contributed by atoms with Gasteiger partial charge in [0.25, 0.3) is 5.91 Å². The number of benzene rings is 2. The molecule has 2 rings (SSSR count). The highest BCUT2D eigenvalue weighted by molar-refractivity contribution is 5.96. The first-order valence-corrected chi connectivity index (χ1v) is 7.97. The van der Waals surface area contributed by atoms with Crippen LogP contribution in [0, 0.1) is 0 Å². The molecule has 0 heterocycles. The fourth-order valence-electron chi connectivity index (χ4n) is 2.51. The zero-order valence-electron chi connectivity index (χ0n) is 13.8. The van der Waals surface area contributed by atoms with Crippen LogP contribution < -0.4 is 15.0 Å². The Hall–Kier alpha value is -2.49. The molecular weight excluding hydrogens is 288 g/mol. The van der Waals surface area contributed by atoms with Crippen LogP contribution in [0.1, 0.15) is 23.7 Å². The molecule has 0 saturated carbocycles. The van der Waals surface area contributed by atoms with Gasteiger partial charge in [0.2, 0.25) is 0 Å². The zero-order valence-corrected chi connectivity index (χ0v) is 13.8. The van der Waals surface area contributed by atoms with Crippen LogP contribution in [0.3, 0.4) is 0 Å². The van der Waals surface area contributed by atoms with E-state index >= 15 is 0 Å². The van der Waals surface area contributed by atoms with Gasteiger partial charge in [0, 0.05) is 25.3 Å². The van der Waals surface area contributed by atoms with Crippen LogP contribution in [0.2, 0.25) is 0 Å². The minimum absolute atomic E-state index is 0.0924. The van der Waals surface area contributed by atoms with Crippen molar-refractivity contribution < 1.29 is 9.53 Å². The summed E-state index contributed by atoms with van der Waals surface area (Å²) in [5, 5.41) is 2.96. The van der Waals surface area contributed by atoms with E-state index in [1.54, 1.807) is 19.2 Å². The van der Waals surface area contributed by atoms with E-state index in [-0.39, 0.29) is 5.91 Å². The van der Waals surface area contributed by atoms with Crippen LogP contribution in [0.5, 0.6) is 5.75 Å². The Morgan fingerprint density at radius 1 is 1.09 bits per heavy atom. The number of nitrogens with zero attached hydrogens (tertiary/aromatic N) is 1. The summed E-state index contributed by atoms with van der Waals surface area (Å²) < 4.78 is 5.22. The average Bonchev–Trinajstić information content (AvgIpc) is 2.62. The molecule has 0 aliphatic rings. The first-order valence-electron chi connectivity index (χ1n) is 7.97. The third-order valence-corrected chi connectivity index (χ3v) is 3.75. The average molecular weight is 312 g/mol. The molecule has 1 amide bonds. The van der Waals surface area contributed by atoms with Crippen molar-refractivity contribution in [1.82, 2.24) is 5.32 Å². The molecule has 1 N–H and O–H groups in total. The molecule has 0 radical (unpaired) electrons. The molecule has 0 fully saturated rings. The van der Waals surface area contributed by atoms with Gasteiger partial charge in [-0.05, 0) is 37.6 Å². The van der Waals surface area contributed by atoms with Crippen LogP contribution in [0.25, 0.3) is 0 Å². The number of methoxy groups -OCH3 is 1. The number of carbonyl (C=O) groups excluding carboxylic acids is 1. The van der Waals surface area contributed by atoms with Crippen molar-refractivity contribution in [3.8, 4) is 5.75 Å². The largest absolute Gasteiger partial charge is 0.496 e. The lowest BCUT2D eigenvalue weighted by Crippen LogP contribution is -2.30. The third kappa shape index (κ3) is 4.74. The molecule has 0 saturated heterocycles. The number of amides is 1. The van der Waals surface area contributed by atoms with Gasteiger partial charge in [-0.3, -0.25) is 4.79 Å². The van der Waals surface area contributed by atoms with Crippen LogP contribution in [-0.2, 0) is 0 Å². The molecule has 122 valence electrons. The van der Waals surface area contributed by atoms with Crippen LogP contribution in [-0.4, -0.2) is 32.7 Å². The second kappa shape index (κ2) is 8.83. The van der Waals surface area contributed by atoms with Crippen LogP contribution >= 0.6 is 0 Å². The summed E-state index contributed by atoms with van der Waals surface area (Å²) in [5.74, 6) is 0.509. The number of nitrogens with one attached hydrogen (secondary N) is 1. The summed E-state index contributed by atoms with van der Waals surface area (Å²) in [6.07, 6.45) is 0.892. The van der Waals surface area contributed by atoms with Gasteiger partial charge in [-0.1, -0.05) is 30.3 Å². The Morgan fingerprint density at radius 2 is 1.78 bits per heavy atom. The molecule has 2 aromatic carbocycles. The molecule has 0 aliphatic heterocycles. The minimum atomic E-state index is -0.0924. The number of hydrogen-bond acceptors (Lipinski definition) is 3. The smallest absolute Gasteiger partial charge is 0.255 e. The maximum absolute atomic E-state index is 12.2. The molecule has 23 heavy (non-hydrogen) atoms. The van der Waals surface area contributed by atoms with E-state index in [9.17, 15) is 4.79 Å². The highest BCUT2D eigenvalue weighted by Gasteiger charge is 2.10. The van der Waals surface area contributed by atoms with Crippen molar-refractivity contribution >= 4 is 11.6 Å². The van der Waals surface area contributed by atoms with Gasteiger partial charge >= 0.3 is 0 Å².